The van der Waals surface area contributed by atoms with E-state index in [1.807, 2.05) is 24.1 Å². The summed E-state index contributed by atoms with van der Waals surface area (Å²) in [6, 6.07) is 5.10. The Balaban J connectivity index is 1.67. The number of anilines is 1. The van der Waals surface area contributed by atoms with E-state index in [1.54, 1.807) is 16.3 Å². The fraction of sp³-hybridized carbons (Fsp3) is 0.350. The lowest BCUT2D eigenvalue weighted by atomic mass is 10.1. The summed E-state index contributed by atoms with van der Waals surface area (Å²) in [6.07, 6.45) is 2.22. The molecule has 1 unspecified atom stereocenters. The lowest BCUT2D eigenvalue weighted by Crippen LogP contribution is -2.54. The molecule has 11 heteroatoms. The molecule has 1 aliphatic heterocycles. The molecule has 31 heavy (non-hydrogen) atoms. The summed E-state index contributed by atoms with van der Waals surface area (Å²) in [4.78, 5) is 32.4. The van der Waals surface area contributed by atoms with Gasteiger partial charge in [-0.25, -0.2) is 24.6 Å². The van der Waals surface area contributed by atoms with Crippen LogP contribution in [0.4, 0.5) is 5.82 Å². The fourth-order valence-corrected chi connectivity index (χ4v) is 4.74. The molecule has 5 rings (SSSR count). The van der Waals surface area contributed by atoms with Crippen molar-refractivity contribution < 1.29 is 0 Å². The van der Waals surface area contributed by atoms with E-state index in [1.165, 1.54) is 17.7 Å². The first-order valence-corrected chi connectivity index (χ1v) is 11.4. The summed E-state index contributed by atoms with van der Waals surface area (Å²) in [5.74, 6) is 1.26. The molecule has 9 nitrogen and oxygen atoms in total. The molecule has 1 saturated heterocycles. The average molecular weight is 457 g/mol. The highest BCUT2D eigenvalue weighted by Gasteiger charge is 2.25. The SMILES string of the molecule is CCC(Nc1ncnc2scnc12)c1nc2cccc(Cl)c2c(=O)n1N1CCNCC1. The minimum absolute atomic E-state index is 0.158. The van der Waals surface area contributed by atoms with Crippen molar-refractivity contribution in [1.29, 1.82) is 0 Å². The van der Waals surface area contributed by atoms with Gasteiger partial charge in [0.05, 0.1) is 27.5 Å². The second-order valence-corrected chi connectivity index (χ2v) is 8.50. The van der Waals surface area contributed by atoms with Gasteiger partial charge in [0.25, 0.3) is 5.56 Å². The van der Waals surface area contributed by atoms with E-state index in [-0.39, 0.29) is 11.6 Å². The quantitative estimate of drug-likeness (QED) is 0.472. The monoisotopic (exact) mass is 456 g/mol. The zero-order chi connectivity index (χ0) is 21.4. The Labute approximate surface area is 187 Å². The summed E-state index contributed by atoms with van der Waals surface area (Å²) in [7, 11) is 0. The molecule has 0 radical (unpaired) electrons. The molecule has 0 bridgehead atoms. The Morgan fingerprint density at radius 3 is 2.90 bits per heavy atom. The molecule has 0 amide bonds. The number of benzene rings is 1. The minimum atomic E-state index is -0.259. The van der Waals surface area contributed by atoms with Crippen molar-refractivity contribution >= 4 is 50.0 Å². The number of halogens is 1. The number of aromatic nitrogens is 5. The van der Waals surface area contributed by atoms with Crippen LogP contribution < -0.4 is 21.2 Å². The highest BCUT2D eigenvalue weighted by molar-refractivity contribution is 7.16. The van der Waals surface area contributed by atoms with Gasteiger partial charge in [-0.3, -0.25) is 4.79 Å². The van der Waals surface area contributed by atoms with Crippen LogP contribution in [-0.4, -0.2) is 50.8 Å². The molecule has 2 N–H and O–H groups in total. The van der Waals surface area contributed by atoms with Crippen molar-refractivity contribution in [3.05, 3.63) is 51.2 Å². The Hall–Kier alpha value is -2.82. The van der Waals surface area contributed by atoms with Gasteiger partial charge >= 0.3 is 0 Å². The number of hydrogen-bond acceptors (Lipinski definition) is 9. The van der Waals surface area contributed by atoms with Crippen LogP contribution in [0.15, 0.2) is 34.8 Å². The number of hydrogen-bond donors (Lipinski definition) is 2. The second-order valence-electron chi connectivity index (χ2n) is 7.26. The lowest BCUT2D eigenvalue weighted by Gasteiger charge is -2.34. The van der Waals surface area contributed by atoms with Gasteiger partial charge in [0.2, 0.25) is 0 Å². The third-order valence-electron chi connectivity index (χ3n) is 5.39. The predicted molar refractivity (Wildman–Crippen MR) is 124 cm³/mol. The summed E-state index contributed by atoms with van der Waals surface area (Å²) in [5, 5.41) is 9.66. The molecule has 0 spiro atoms. The molecular formula is C20H21ClN8OS. The smallest absolute Gasteiger partial charge is 0.281 e. The van der Waals surface area contributed by atoms with E-state index in [4.69, 9.17) is 16.6 Å². The van der Waals surface area contributed by atoms with E-state index in [9.17, 15) is 4.79 Å². The Morgan fingerprint density at radius 1 is 1.26 bits per heavy atom. The van der Waals surface area contributed by atoms with Gasteiger partial charge in [-0.2, -0.15) is 0 Å². The molecule has 1 atom stereocenters. The van der Waals surface area contributed by atoms with Gasteiger partial charge in [-0.05, 0) is 18.6 Å². The zero-order valence-electron chi connectivity index (χ0n) is 16.9. The normalized spacial score (nSPS) is 15.5. The zero-order valence-corrected chi connectivity index (χ0v) is 18.4. The summed E-state index contributed by atoms with van der Waals surface area (Å²) >= 11 is 7.86. The van der Waals surface area contributed by atoms with Crippen LogP contribution in [0.1, 0.15) is 25.2 Å². The van der Waals surface area contributed by atoms with E-state index in [0.29, 0.717) is 52.6 Å². The minimum Gasteiger partial charge on any atom is -0.358 e. The average Bonchev–Trinajstić information content (AvgIpc) is 3.27. The summed E-state index contributed by atoms with van der Waals surface area (Å²) in [6.45, 7) is 5.03. The molecule has 1 aliphatic rings. The number of piperazine rings is 1. The molecule has 3 aromatic heterocycles. The highest BCUT2D eigenvalue weighted by atomic mass is 35.5. The van der Waals surface area contributed by atoms with E-state index < -0.39 is 0 Å². The number of thiazole rings is 1. The number of nitrogens with zero attached hydrogens (tertiary/aromatic N) is 6. The topological polar surface area (TPSA) is 101 Å². The molecule has 4 heterocycles. The van der Waals surface area contributed by atoms with Gasteiger partial charge in [0, 0.05) is 26.2 Å². The Morgan fingerprint density at radius 2 is 2.10 bits per heavy atom. The van der Waals surface area contributed by atoms with Crippen molar-refractivity contribution in [3.63, 3.8) is 0 Å². The van der Waals surface area contributed by atoms with Gasteiger partial charge in [-0.15, -0.1) is 11.3 Å². The van der Waals surface area contributed by atoms with Crippen molar-refractivity contribution in [2.24, 2.45) is 0 Å². The standard InChI is InChI=1S/C20H21ClN8OS/c1-2-13(26-17-16-19(24-10-23-17)31-11-25-16)18-27-14-5-3-4-12(21)15(14)20(30)29(18)28-8-6-22-7-9-28/h3-5,10-11,13,22H,2,6-9H2,1H3,(H,23,24,26). The van der Waals surface area contributed by atoms with Gasteiger partial charge in [-0.1, -0.05) is 24.6 Å². The van der Waals surface area contributed by atoms with E-state index in [2.05, 4.69) is 25.6 Å². The van der Waals surface area contributed by atoms with Crippen LogP contribution in [0.3, 0.4) is 0 Å². The van der Waals surface area contributed by atoms with E-state index >= 15 is 0 Å². The number of nitrogens with one attached hydrogen (secondary N) is 2. The van der Waals surface area contributed by atoms with Crippen molar-refractivity contribution in [2.75, 3.05) is 36.5 Å². The first-order chi connectivity index (χ1) is 15.2. The first-order valence-electron chi connectivity index (χ1n) is 10.1. The maximum atomic E-state index is 13.6. The molecule has 1 fully saturated rings. The molecule has 160 valence electrons. The van der Waals surface area contributed by atoms with Crippen LogP contribution in [-0.2, 0) is 0 Å². The van der Waals surface area contributed by atoms with Crippen LogP contribution in [0.2, 0.25) is 5.02 Å². The lowest BCUT2D eigenvalue weighted by molar-refractivity contribution is 0.456. The van der Waals surface area contributed by atoms with Crippen LogP contribution in [0.5, 0.6) is 0 Å². The molecule has 1 aromatic carbocycles. The van der Waals surface area contributed by atoms with E-state index in [0.717, 1.165) is 17.9 Å². The fourth-order valence-electron chi connectivity index (χ4n) is 3.86. The molecule has 0 aliphatic carbocycles. The largest absolute Gasteiger partial charge is 0.358 e. The Kier molecular flexibility index (Phi) is 5.43. The third-order valence-corrected chi connectivity index (χ3v) is 6.44. The molecular weight excluding hydrogens is 436 g/mol. The second kappa shape index (κ2) is 8.37. The van der Waals surface area contributed by atoms with Crippen molar-refractivity contribution in [2.45, 2.75) is 19.4 Å². The number of fused-ring (bicyclic) bond motifs is 2. The van der Waals surface area contributed by atoms with Crippen LogP contribution in [0, 0.1) is 0 Å². The van der Waals surface area contributed by atoms with Crippen molar-refractivity contribution in [1.82, 2.24) is 29.9 Å². The van der Waals surface area contributed by atoms with Crippen LogP contribution >= 0.6 is 22.9 Å². The van der Waals surface area contributed by atoms with Crippen LogP contribution in [0.25, 0.3) is 21.3 Å². The summed E-state index contributed by atoms with van der Waals surface area (Å²) < 4.78 is 1.69. The predicted octanol–water partition coefficient (Wildman–Crippen LogP) is 2.55. The maximum Gasteiger partial charge on any atom is 0.281 e. The van der Waals surface area contributed by atoms with Gasteiger partial charge in [0.15, 0.2) is 11.6 Å². The highest BCUT2D eigenvalue weighted by Crippen LogP contribution is 2.27. The number of rotatable bonds is 5. The molecule has 4 aromatic rings. The van der Waals surface area contributed by atoms with Gasteiger partial charge < -0.3 is 15.6 Å². The van der Waals surface area contributed by atoms with Crippen molar-refractivity contribution in [3.8, 4) is 0 Å². The Bertz CT molecular complexity index is 1300. The third kappa shape index (κ3) is 3.60. The summed E-state index contributed by atoms with van der Waals surface area (Å²) in [5.41, 5.74) is 2.89. The van der Waals surface area contributed by atoms with Gasteiger partial charge in [0.1, 0.15) is 16.7 Å². The molecule has 0 saturated carbocycles. The maximum absolute atomic E-state index is 13.6. The first kappa shape index (κ1) is 20.1.